The highest BCUT2D eigenvalue weighted by Crippen LogP contribution is 2.35. The molecule has 0 aliphatic carbocycles. The minimum Gasteiger partial charge on any atom is -0.235 e. The van der Waals surface area contributed by atoms with E-state index in [-0.39, 0.29) is 5.41 Å². The van der Waals surface area contributed by atoms with Crippen molar-refractivity contribution in [2.24, 2.45) is 0 Å². The van der Waals surface area contributed by atoms with Gasteiger partial charge in [0, 0.05) is 16.5 Å². The molecule has 0 fully saturated rings. The average molecular weight is 271 g/mol. The zero-order chi connectivity index (χ0) is 11.8. The molecule has 0 aromatic carbocycles. The molecular weight excluding hydrogens is 258 g/mol. The first-order chi connectivity index (χ1) is 7.45. The van der Waals surface area contributed by atoms with Crippen LogP contribution >= 0.6 is 34.4 Å². The van der Waals surface area contributed by atoms with E-state index < -0.39 is 0 Å². The third-order valence-electron chi connectivity index (χ3n) is 1.82. The number of rotatable bonds is 2. The summed E-state index contributed by atoms with van der Waals surface area (Å²) in [5.74, 6) is 0. The number of aryl methyl sites for hydroxylation is 1. The Balaban J connectivity index is 2.14. The van der Waals surface area contributed by atoms with Crippen molar-refractivity contribution in [3.63, 3.8) is 0 Å². The minimum absolute atomic E-state index is 0.0786. The van der Waals surface area contributed by atoms with E-state index in [1.165, 1.54) is 0 Å². The number of thiazole rings is 1. The molecule has 0 saturated heterocycles. The highest BCUT2D eigenvalue weighted by molar-refractivity contribution is 8.02. The van der Waals surface area contributed by atoms with Gasteiger partial charge >= 0.3 is 0 Å². The van der Waals surface area contributed by atoms with Crippen molar-refractivity contribution in [1.29, 1.82) is 0 Å². The van der Waals surface area contributed by atoms with Crippen LogP contribution in [0.25, 0.3) is 0 Å². The molecule has 86 valence electrons. The normalized spacial score (nSPS) is 12.0. The Morgan fingerprint density at radius 2 is 1.94 bits per heavy atom. The van der Waals surface area contributed by atoms with Crippen LogP contribution in [0.3, 0.4) is 0 Å². The second-order valence-corrected chi connectivity index (χ2v) is 7.81. The SMILES string of the molecule is Cc1csc(Sc2nnc(C(C)(C)C)s2)n1. The van der Waals surface area contributed by atoms with Gasteiger partial charge < -0.3 is 0 Å². The molecule has 6 heteroatoms. The van der Waals surface area contributed by atoms with Crippen molar-refractivity contribution in [2.75, 3.05) is 0 Å². The highest BCUT2D eigenvalue weighted by Gasteiger charge is 2.19. The van der Waals surface area contributed by atoms with Crippen molar-refractivity contribution in [3.8, 4) is 0 Å². The average Bonchev–Trinajstić information content (AvgIpc) is 2.74. The molecular formula is C10H13N3S3. The maximum absolute atomic E-state index is 4.40. The van der Waals surface area contributed by atoms with Crippen LogP contribution in [-0.2, 0) is 5.41 Å². The Labute approximate surface area is 107 Å². The van der Waals surface area contributed by atoms with Gasteiger partial charge in [-0.3, -0.25) is 0 Å². The quantitative estimate of drug-likeness (QED) is 0.834. The van der Waals surface area contributed by atoms with Crippen LogP contribution in [0.15, 0.2) is 14.1 Å². The third kappa shape index (κ3) is 2.81. The Morgan fingerprint density at radius 3 is 2.44 bits per heavy atom. The molecule has 0 amide bonds. The largest absolute Gasteiger partial charge is 0.235 e. The van der Waals surface area contributed by atoms with Crippen LogP contribution in [0.2, 0.25) is 0 Å². The molecule has 2 rings (SSSR count). The summed E-state index contributed by atoms with van der Waals surface area (Å²) in [7, 11) is 0. The van der Waals surface area contributed by atoms with Crippen LogP contribution < -0.4 is 0 Å². The first kappa shape index (κ1) is 12.0. The molecule has 0 N–H and O–H groups in total. The van der Waals surface area contributed by atoms with Gasteiger partial charge in [-0.1, -0.05) is 32.1 Å². The predicted octanol–water partition coefficient (Wildman–Crippen LogP) is 3.75. The fourth-order valence-corrected chi connectivity index (χ4v) is 3.96. The van der Waals surface area contributed by atoms with E-state index in [2.05, 4.69) is 36.0 Å². The summed E-state index contributed by atoms with van der Waals surface area (Å²) < 4.78 is 2.01. The lowest BCUT2D eigenvalue weighted by molar-refractivity contribution is 0.577. The molecule has 0 aliphatic rings. The molecule has 3 nitrogen and oxygen atoms in total. The van der Waals surface area contributed by atoms with E-state index in [1.807, 2.05) is 12.3 Å². The molecule has 0 bridgehead atoms. The van der Waals surface area contributed by atoms with Crippen LogP contribution in [0.4, 0.5) is 0 Å². The molecule has 2 aromatic heterocycles. The lowest BCUT2D eigenvalue weighted by atomic mass is 9.98. The maximum Gasteiger partial charge on any atom is 0.181 e. The van der Waals surface area contributed by atoms with E-state index >= 15 is 0 Å². The van der Waals surface area contributed by atoms with Crippen molar-refractivity contribution >= 4 is 34.4 Å². The third-order valence-corrected chi connectivity index (χ3v) is 5.28. The zero-order valence-electron chi connectivity index (χ0n) is 9.64. The topological polar surface area (TPSA) is 38.7 Å². The van der Waals surface area contributed by atoms with Crippen LogP contribution in [0, 0.1) is 6.92 Å². The summed E-state index contributed by atoms with van der Waals surface area (Å²) in [6, 6.07) is 0. The van der Waals surface area contributed by atoms with Crippen molar-refractivity contribution in [1.82, 2.24) is 15.2 Å². The summed E-state index contributed by atoms with van der Waals surface area (Å²) in [5.41, 5.74) is 1.14. The Kier molecular flexibility index (Phi) is 3.32. The van der Waals surface area contributed by atoms with Gasteiger partial charge in [-0.2, -0.15) is 0 Å². The molecule has 0 unspecified atom stereocenters. The van der Waals surface area contributed by atoms with Gasteiger partial charge in [-0.25, -0.2) is 4.98 Å². The zero-order valence-corrected chi connectivity index (χ0v) is 12.1. The molecule has 0 spiro atoms. The summed E-state index contributed by atoms with van der Waals surface area (Å²) >= 11 is 4.90. The molecule has 0 aliphatic heterocycles. The van der Waals surface area contributed by atoms with Gasteiger partial charge in [-0.05, 0) is 18.7 Å². The Morgan fingerprint density at radius 1 is 1.19 bits per heavy atom. The Hall–Kier alpha value is -0.460. The van der Waals surface area contributed by atoms with E-state index in [0.29, 0.717) is 0 Å². The highest BCUT2D eigenvalue weighted by atomic mass is 32.2. The monoisotopic (exact) mass is 271 g/mol. The van der Waals surface area contributed by atoms with Gasteiger partial charge in [0.2, 0.25) is 0 Å². The molecule has 0 saturated carbocycles. The number of nitrogens with zero attached hydrogens (tertiary/aromatic N) is 3. The van der Waals surface area contributed by atoms with Gasteiger partial charge in [0.25, 0.3) is 0 Å². The fraction of sp³-hybridized carbons (Fsp3) is 0.500. The fourth-order valence-electron chi connectivity index (χ4n) is 1.01. The van der Waals surface area contributed by atoms with Crippen LogP contribution in [-0.4, -0.2) is 15.2 Å². The molecule has 2 aromatic rings. The van der Waals surface area contributed by atoms with Gasteiger partial charge in [0.05, 0.1) is 0 Å². The van der Waals surface area contributed by atoms with E-state index in [0.717, 1.165) is 19.4 Å². The summed E-state index contributed by atoms with van der Waals surface area (Å²) in [4.78, 5) is 4.40. The smallest absolute Gasteiger partial charge is 0.181 e. The van der Waals surface area contributed by atoms with E-state index in [4.69, 9.17) is 0 Å². The molecule has 2 heterocycles. The maximum atomic E-state index is 4.40. The molecule has 0 radical (unpaired) electrons. The number of hydrogen-bond acceptors (Lipinski definition) is 6. The first-order valence-corrected chi connectivity index (χ1v) is 7.40. The van der Waals surface area contributed by atoms with Gasteiger partial charge in [0.1, 0.15) is 5.01 Å². The molecule has 16 heavy (non-hydrogen) atoms. The van der Waals surface area contributed by atoms with Gasteiger partial charge in [0.15, 0.2) is 8.68 Å². The Bertz CT molecular complexity index is 481. The van der Waals surface area contributed by atoms with Crippen molar-refractivity contribution in [3.05, 3.63) is 16.1 Å². The summed E-state index contributed by atoms with van der Waals surface area (Å²) in [6.45, 7) is 8.45. The van der Waals surface area contributed by atoms with Gasteiger partial charge in [-0.15, -0.1) is 21.5 Å². The number of hydrogen-bond donors (Lipinski definition) is 0. The standard InChI is InChI=1S/C10H13N3S3/c1-6-5-14-8(11-6)16-9-13-12-7(15-9)10(2,3)4/h5H,1-4H3. The van der Waals surface area contributed by atoms with Crippen LogP contribution in [0.1, 0.15) is 31.5 Å². The molecule has 0 atom stereocenters. The summed E-state index contributed by atoms with van der Waals surface area (Å²) in [5, 5.41) is 11.5. The first-order valence-electron chi connectivity index (χ1n) is 4.89. The van der Waals surface area contributed by atoms with Crippen molar-refractivity contribution < 1.29 is 0 Å². The van der Waals surface area contributed by atoms with Crippen molar-refractivity contribution in [2.45, 2.75) is 41.8 Å². The lowest BCUT2D eigenvalue weighted by Gasteiger charge is -2.12. The lowest BCUT2D eigenvalue weighted by Crippen LogP contribution is -2.10. The summed E-state index contributed by atoms with van der Waals surface area (Å²) in [6.07, 6.45) is 0. The predicted molar refractivity (Wildman–Crippen MR) is 69.6 cm³/mol. The second kappa shape index (κ2) is 4.43. The van der Waals surface area contributed by atoms with E-state index in [1.54, 1.807) is 34.4 Å². The number of aromatic nitrogens is 3. The van der Waals surface area contributed by atoms with E-state index in [9.17, 15) is 0 Å². The van der Waals surface area contributed by atoms with Crippen LogP contribution in [0.5, 0.6) is 0 Å². The second-order valence-electron chi connectivity index (χ2n) is 4.48. The minimum atomic E-state index is 0.0786.